The second-order valence-electron chi connectivity index (χ2n) is 6.09. The summed E-state index contributed by atoms with van der Waals surface area (Å²) in [5.41, 5.74) is -0.128. The first-order chi connectivity index (χ1) is 13.8. The SMILES string of the molecule is CC(NC(=O)COc1cc(C(F)(F)F)nn1-c1ccccc1Cl)c1ccncc1. The number of pyridine rings is 1. The van der Waals surface area contributed by atoms with Crippen LogP contribution in [0.15, 0.2) is 54.9 Å². The molecular formula is C19H16ClF3N4O2. The molecule has 2 aromatic heterocycles. The number of rotatable bonds is 6. The lowest BCUT2D eigenvalue weighted by molar-refractivity contribution is -0.141. The van der Waals surface area contributed by atoms with Crippen molar-refractivity contribution in [2.45, 2.75) is 19.1 Å². The summed E-state index contributed by atoms with van der Waals surface area (Å²) in [5.74, 6) is -0.757. The molecule has 29 heavy (non-hydrogen) atoms. The van der Waals surface area contributed by atoms with Gasteiger partial charge in [-0.05, 0) is 36.8 Å². The van der Waals surface area contributed by atoms with Crippen molar-refractivity contribution in [2.75, 3.05) is 6.61 Å². The molecule has 0 saturated carbocycles. The highest BCUT2D eigenvalue weighted by atomic mass is 35.5. The smallest absolute Gasteiger partial charge is 0.435 e. The average Bonchev–Trinajstić information content (AvgIpc) is 3.12. The van der Waals surface area contributed by atoms with Crippen molar-refractivity contribution >= 4 is 17.5 Å². The number of para-hydroxylation sites is 1. The van der Waals surface area contributed by atoms with Crippen molar-refractivity contribution in [3.63, 3.8) is 0 Å². The van der Waals surface area contributed by atoms with Crippen LogP contribution in [0.3, 0.4) is 0 Å². The zero-order valence-electron chi connectivity index (χ0n) is 15.2. The summed E-state index contributed by atoms with van der Waals surface area (Å²) in [6.07, 6.45) is -1.49. The summed E-state index contributed by atoms with van der Waals surface area (Å²) in [4.78, 5) is 16.1. The first-order valence-corrected chi connectivity index (χ1v) is 8.88. The number of nitrogens with zero attached hydrogens (tertiary/aromatic N) is 3. The lowest BCUT2D eigenvalue weighted by Crippen LogP contribution is -2.31. The van der Waals surface area contributed by atoms with Gasteiger partial charge in [0.1, 0.15) is 0 Å². The molecule has 1 unspecified atom stereocenters. The molecular weight excluding hydrogens is 409 g/mol. The summed E-state index contributed by atoms with van der Waals surface area (Å²) in [6.45, 7) is 1.27. The minimum absolute atomic E-state index is 0.185. The highest BCUT2D eigenvalue weighted by Gasteiger charge is 2.36. The number of carbonyl (C=O) groups excluding carboxylic acids is 1. The Labute approximate surface area is 169 Å². The van der Waals surface area contributed by atoms with Gasteiger partial charge in [0.15, 0.2) is 12.3 Å². The maximum atomic E-state index is 13.1. The zero-order valence-corrected chi connectivity index (χ0v) is 15.9. The van der Waals surface area contributed by atoms with Gasteiger partial charge in [-0.15, -0.1) is 0 Å². The largest absolute Gasteiger partial charge is 0.467 e. The number of alkyl halides is 3. The van der Waals surface area contributed by atoms with E-state index in [1.54, 1.807) is 43.6 Å². The van der Waals surface area contributed by atoms with Gasteiger partial charge < -0.3 is 10.1 Å². The van der Waals surface area contributed by atoms with Crippen molar-refractivity contribution in [1.82, 2.24) is 20.1 Å². The van der Waals surface area contributed by atoms with Gasteiger partial charge in [0, 0.05) is 18.5 Å². The minimum Gasteiger partial charge on any atom is -0.467 e. The Bertz CT molecular complexity index is 993. The first kappa shape index (κ1) is 20.7. The molecule has 0 aliphatic rings. The van der Waals surface area contributed by atoms with Crippen LogP contribution in [0, 0.1) is 0 Å². The third-order valence-electron chi connectivity index (χ3n) is 3.98. The molecule has 3 rings (SSSR count). The lowest BCUT2D eigenvalue weighted by Gasteiger charge is -2.15. The Morgan fingerprint density at radius 1 is 1.24 bits per heavy atom. The monoisotopic (exact) mass is 424 g/mol. The van der Waals surface area contributed by atoms with Crippen LogP contribution in [-0.4, -0.2) is 27.3 Å². The molecule has 3 aromatic rings. The van der Waals surface area contributed by atoms with Gasteiger partial charge >= 0.3 is 6.18 Å². The maximum Gasteiger partial charge on any atom is 0.435 e. The fraction of sp³-hybridized carbons (Fsp3) is 0.211. The number of halogens is 4. The molecule has 152 valence electrons. The van der Waals surface area contributed by atoms with Crippen LogP contribution in [-0.2, 0) is 11.0 Å². The van der Waals surface area contributed by atoms with Gasteiger partial charge in [0.25, 0.3) is 5.91 Å². The highest BCUT2D eigenvalue weighted by Crippen LogP contribution is 2.33. The van der Waals surface area contributed by atoms with E-state index in [1.165, 1.54) is 12.1 Å². The number of carbonyl (C=O) groups is 1. The van der Waals surface area contributed by atoms with Crippen LogP contribution in [0.1, 0.15) is 24.2 Å². The molecule has 0 saturated heterocycles. The normalized spacial score (nSPS) is 12.4. The van der Waals surface area contributed by atoms with E-state index >= 15 is 0 Å². The van der Waals surface area contributed by atoms with Gasteiger partial charge in [0.05, 0.1) is 16.8 Å². The number of nitrogens with one attached hydrogen (secondary N) is 1. The number of ether oxygens (including phenoxy) is 1. The minimum atomic E-state index is -4.68. The van der Waals surface area contributed by atoms with E-state index in [9.17, 15) is 18.0 Å². The van der Waals surface area contributed by atoms with Crippen LogP contribution in [0.5, 0.6) is 5.88 Å². The van der Waals surface area contributed by atoms with Crippen LogP contribution in [0.2, 0.25) is 5.02 Å². The van der Waals surface area contributed by atoms with Crippen molar-refractivity contribution in [1.29, 1.82) is 0 Å². The number of amides is 1. The van der Waals surface area contributed by atoms with Crippen molar-refractivity contribution in [3.8, 4) is 11.6 Å². The summed E-state index contributed by atoms with van der Waals surface area (Å²) >= 11 is 6.07. The number of hydrogen-bond acceptors (Lipinski definition) is 4. The average molecular weight is 425 g/mol. The van der Waals surface area contributed by atoms with Crippen LogP contribution < -0.4 is 10.1 Å². The van der Waals surface area contributed by atoms with Gasteiger partial charge in [-0.25, -0.2) is 0 Å². The first-order valence-electron chi connectivity index (χ1n) is 8.50. The third kappa shape index (κ3) is 5.05. The van der Waals surface area contributed by atoms with Gasteiger partial charge in [-0.1, -0.05) is 23.7 Å². The van der Waals surface area contributed by atoms with Gasteiger partial charge in [0.2, 0.25) is 5.88 Å². The van der Waals surface area contributed by atoms with E-state index in [4.69, 9.17) is 16.3 Å². The Balaban J connectivity index is 1.77. The van der Waals surface area contributed by atoms with E-state index in [1.807, 2.05) is 0 Å². The molecule has 0 aliphatic carbocycles. The highest BCUT2D eigenvalue weighted by molar-refractivity contribution is 6.32. The molecule has 1 amide bonds. The summed E-state index contributed by atoms with van der Waals surface area (Å²) in [5, 5.41) is 6.43. The zero-order chi connectivity index (χ0) is 21.0. The van der Waals surface area contributed by atoms with Gasteiger partial charge in [-0.3, -0.25) is 9.78 Å². The number of aromatic nitrogens is 3. The molecule has 0 radical (unpaired) electrons. The van der Waals surface area contributed by atoms with E-state index in [0.29, 0.717) is 0 Å². The predicted molar refractivity (Wildman–Crippen MR) is 99.9 cm³/mol. The summed E-state index contributed by atoms with van der Waals surface area (Å²) in [7, 11) is 0. The topological polar surface area (TPSA) is 69.0 Å². The quantitative estimate of drug-likeness (QED) is 0.644. The Hall–Kier alpha value is -3.07. The third-order valence-corrected chi connectivity index (χ3v) is 4.30. The lowest BCUT2D eigenvalue weighted by atomic mass is 10.1. The van der Waals surface area contributed by atoms with E-state index in [-0.39, 0.29) is 22.6 Å². The maximum absolute atomic E-state index is 13.1. The molecule has 1 aromatic carbocycles. The summed E-state index contributed by atoms with van der Waals surface area (Å²) < 4.78 is 45.6. The molecule has 0 spiro atoms. The molecule has 6 nitrogen and oxygen atoms in total. The number of benzene rings is 1. The van der Waals surface area contributed by atoms with Crippen LogP contribution in [0.25, 0.3) is 5.69 Å². The fourth-order valence-electron chi connectivity index (χ4n) is 2.56. The molecule has 10 heteroatoms. The molecule has 1 N–H and O–H groups in total. The van der Waals surface area contributed by atoms with Crippen LogP contribution >= 0.6 is 11.6 Å². The molecule has 0 bridgehead atoms. The second kappa shape index (κ2) is 8.52. The van der Waals surface area contributed by atoms with Crippen molar-refractivity contribution in [3.05, 3.63) is 71.1 Å². The molecule has 0 aliphatic heterocycles. The van der Waals surface area contributed by atoms with E-state index < -0.39 is 24.4 Å². The Kier molecular flexibility index (Phi) is 6.07. The van der Waals surface area contributed by atoms with Crippen molar-refractivity contribution in [2.24, 2.45) is 0 Å². The number of hydrogen-bond donors (Lipinski definition) is 1. The predicted octanol–water partition coefficient (Wildman–Crippen LogP) is 4.20. The van der Waals surface area contributed by atoms with Gasteiger partial charge in [-0.2, -0.15) is 23.0 Å². The van der Waals surface area contributed by atoms with E-state index in [2.05, 4.69) is 15.4 Å². The second-order valence-corrected chi connectivity index (χ2v) is 6.49. The fourth-order valence-corrected chi connectivity index (χ4v) is 2.78. The standard InChI is InChI=1S/C19H16ClF3N4O2/c1-12(13-6-8-24-9-7-13)25-17(28)11-29-18-10-16(19(21,22)23)26-27(18)15-5-3-2-4-14(15)20/h2-10,12H,11H2,1H3,(H,25,28). The van der Waals surface area contributed by atoms with Crippen molar-refractivity contribution < 1.29 is 22.7 Å². The van der Waals surface area contributed by atoms with E-state index in [0.717, 1.165) is 16.3 Å². The van der Waals surface area contributed by atoms with Crippen LogP contribution in [0.4, 0.5) is 13.2 Å². The molecule has 0 fully saturated rings. The molecule has 1 atom stereocenters. The molecule has 2 heterocycles. The Morgan fingerprint density at radius 2 is 1.93 bits per heavy atom. The summed E-state index contributed by atoms with van der Waals surface area (Å²) in [6, 6.07) is 10.1. The Morgan fingerprint density at radius 3 is 2.59 bits per heavy atom.